The third-order valence-electron chi connectivity index (χ3n) is 5.36. The summed E-state index contributed by atoms with van der Waals surface area (Å²) in [7, 11) is 1.34. The van der Waals surface area contributed by atoms with Crippen LogP contribution in [0.15, 0.2) is 77.7 Å². The van der Waals surface area contributed by atoms with Crippen LogP contribution < -0.4 is 18.9 Å². The average Bonchev–Trinajstić information content (AvgIpc) is 3.31. The zero-order valence-electron chi connectivity index (χ0n) is 19.9. The number of hydrogen-bond acceptors (Lipinski definition) is 7. The molecule has 0 bridgehead atoms. The molecule has 3 aromatic carbocycles. The van der Waals surface area contributed by atoms with E-state index in [4.69, 9.17) is 24.0 Å². The lowest BCUT2D eigenvalue weighted by Crippen LogP contribution is -2.03. The van der Waals surface area contributed by atoms with Crippen molar-refractivity contribution in [2.45, 2.75) is 11.5 Å². The van der Waals surface area contributed by atoms with Crippen molar-refractivity contribution in [2.24, 2.45) is 0 Å². The van der Waals surface area contributed by atoms with Crippen LogP contribution in [-0.2, 0) is 16.4 Å². The fourth-order valence-electron chi connectivity index (χ4n) is 3.64. The summed E-state index contributed by atoms with van der Waals surface area (Å²) in [5.41, 5.74) is 3.23. The number of benzene rings is 3. The summed E-state index contributed by atoms with van der Waals surface area (Å²) in [4.78, 5) is 0.251. The van der Waals surface area contributed by atoms with E-state index in [-0.39, 0.29) is 11.5 Å². The van der Waals surface area contributed by atoms with E-state index in [9.17, 15) is 8.42 Å². The Balaban J connectivity index is 1.68. The minimum atomic E-state index is -3.29. The molecule has 0 radical (unpaired) electrons. The third-order valence-corrected chi connectivity index (χ3v) is 6.49. The van der Waals surface area contributed by atoms with Gasteiger partial charge in [0.15, 0.2) is 21.3 Å². The van der Waals surface area contributed by atoms with Gasteiger partial charge in [-0.2, -0.15) is 5.10 Å². The predicted octanol–water partition coefficient (Wildman–Crippen LogP) is 4.55. The van der Waals surface area contributed by atoms with Crippen molar-refractivity contribution in [2.75, 3.05) is 27.6 Å². The molecule has 4 aromatic rings. The Morgan fingerprint density at radius 3 is 2.00 bits per heavy atom. The highest BCUT2D eigenvalue weighted by Crippen LogP contribution is 2.41. The smallest absolute Gasteiger partial charge is 0.203 e. The normalized spacial score (nSPS) is 11.2. The van der Waals surface area contributed by atoms with Crippen molar-refractivity contribution in [1.29, 1.82) is 0 Å². The number of rotatable bonds is 9. The second-order valence-corrected chi connectivity index (χ2v) is 9.73. The van der Waals surface area contributed by atoms with E-state index < -0.39 is 9.84 Å². The van der Waals surface area contributed by atoms with Gasteiger partial charge in [-0.05, 0) is 30.3 Å². The van der Waals surface area contributed by atoms with Gasteiger partial charge >= 0.3 is 0 Å². The lowest BCUT2D eigenvalue weighted by Gasteiger charge is -2.14. The van der Waals surface area contributed by atoms with Crippen LogP contribution in [0.4, 0.5) is 0 Å². The fourth-order valence-corrected chi connectivity index (χ4v) is 4.27. The maximum Gasteiger partial charge on any atom is 0.203 e. The zero-order chi connectivity index (χ0) is 25.0. The first-order chi connectivity index (χ1) is 16.8. The van der Waals surface area contributed by atoms with Crippen LogP contribution in [-0.4, -0.2) is 45.8 Å². The van der Waals surface area contributed by atoms with Gasteiger partial charge in [-0.1, -0.05) is 30.3 Å². The number of ether oxygens (including phenoxy) is 4. The lowest BCUT2D eigenvalue weighted by molar-refractivity contribution is 0.287. The van der Waals surface area contributed by atoms with Crippen molar-refractivity contribution >= 4 is 9.84 Å². The van der Waals surface area contributed by atoms with Crippen molar-refractivity contribution in [1.82, 2.24) is 9.78 Å². The molecule has 0 unspecified atom stereocenters. The highest BCUT2D eigenvalue weighted by atomic mass is 32.2. The molecule has 0 spiro atoms. The molecule has 0 N–H and O–H groups in total. The molecule has 0 aliphatic heterocycles. The Kier molecular flexibility index (Phi) is 6.97. The summed E-state index contributed by atoms with van der Waals surface area (Å²) in [5, 5.41) is 4.74. The lowest BCUT2D eigenvalue weighted by atomic mass is 10.1. The molecule has 35 heavy (non-hydrogen) atoms. The molecular weight excluding hydrogens is 468 g/mol. The third kappa shape index (κ3) is 5.25. The molecule has 1 heterocycles. The molecule has 0 amide bonds. The van der Waals surface area contributed by atoms with Gasteiger partial charge in [0.25, 0.3) is 0 Å². The highest BCUT2D eigenvalue weighted by Gasteiger charge is 2.16. The summed E-state index contributed by atoms with van der Waals surface area (Å²) < 4.78 is 47.7. The zero-order valence-corrected chi connectivity index (χ0v) is 20.7. The molecule has 0 fully saturated rings. The van der Waals surface area contributed by atoms with Gasteiger partial charge in [0, 0.05) is 24.0 Å². The SMILES string of the molecule is COc1cc(OCc2cc(-c3ccccc3)n(-c3ccc(S(C)(=O)=O)cc3)n2)cc(OC)c1OC. The van der Waals surface area contributed by atoms with Crippen molar-refractivity contribution < 1.29 is 27.4 Å². The van der Waals surface area contributed by atoms with E-state index in [0.29, 0.717) is 28.7 Å². The van der Waals surface area contributed by atoms with E-state index in [0.717, 1.165) is 16.9 Å². The van der Waals surface area contributed by atoms with Gasteiger partial charge < -0.3 is 18.9 Å². The van der Waals surface area contributed by atoms with E-state index in [1.54, 1.807) is 62.4 Å². The van der Waals surface area contributed by atoms with E-state index in [1.807, 2.05) is 36.4 Å². The Labute approximate surface area is 204 Å². The summed E-state index contributed by atoms with van der Waals surface area (Å²) in [6.45, 7) is 0.187. The van der Waals surface area contributed by atoms with Crippen LogP contribution in [0.2, 0.25) is 0 Å². The molecule has 8 nitrogen and oxygen atoms in total. The molecule has 4 rings (SSSR count). The van der Waals surface area contributed by atoms with Gasteiger partial charge in [-0.25, -0.2) is 13.1 Å². The number of aromatic nitrogens is 2. The van der Waals surface area contributed by atoms with Crippen LogP contribution in [0.1, 0.15) is 5.69 Å². The van der Waals surface area contributed by atoms with Crippen LogP contribution in [0.5, 0.6) is 23.0 Å². The molecule has 0 saturated heterocycles. The maximum atomic E-state index is 11.9. The Morgan fingerprint density at radius 1 is 0.829 bits per heavy atom. The molecule has 182 valence electrons. The number of nitrogens with zero attached hydrogens (tertiary/aromatic N) is 2. The summed E-state index contributed by atoms with van der Waals surface area (Å²) in [6, 6.07) is 21.8. The van der Waals surface area contributed by atoms with Gasteiger partial charge in [0.2, 0.25) is 5.75 Å². The first kappa shape index (κ1) is 24.2. The fraction of sp³-hybridized carbons (Fsp3) is 0.192. The van der Waals surface area contributed by atoms with E-state index in [2.05, 4.69) is 0 Å². The van der Waals surface area contributed by atoms with Crippen LogP contribution >= 0.6 is 0 Å². The summed E-state index contributed by atoms with van der Waals surface area (Å²) >= 11 is 0. The van der Waals surface area contributed by atoms with E-state index >= 15 is 0 Å². The van der Waals surface area contributed by atoms with Crippen LogP contribution in [0, 0.1) is 0 Å². The Hall–Kier alpha value is -3.98. The Bertz CT molecular complexity index is 1390. The standard InChI is InChI=1S/C26H26N2O6S/c1-31-24-15-21(16-25(32-2)26(24)33-3)34-17-19-14-23(18-8-6-5-7-9-18)28(27-19)20-10-12-22(13-11-20)35(4,29)30/h5-16H,17H2,1-4H3. The summed E-state index contributed by atoms with van der Waals surface area (Å²) in [6.07, 6.45) is 1.18. The van der Waals surface area contributed by atoms with E-state index in [1.165, 1.54) is 6.26 Å². The molecular formula is C26H26N2O6S. The van der Waals surface area contributed by atoms with Crippen molar-refractivity contribution in [3.8, 4) is 39.9 Å². The van der Waals surface area contributed by atoms with Crippen molar-refractivity contribution in [3.05, 3.63) is 78.5 Å². The molecule has 0 aliphatic rings. The largest absolute Gasteiger partial charge is 0.493 e. The minimum Gasteiger partial charge on any atom is -0.493 e. The van der Waals surface area contributed by atoms with Crippen LogP contribution in [0.3, 0.4) is 0 Å². The quantitative estimate of drug-likeness (QED) is 0.337. The topological polar surface area (TPSA) is 88.9 Å². The monoisotopic (exact) mass is 494 g/mol. The molecule has 9 heteroatoms. The molecule has 0 aliphatic carbocycles. The number of sulfone groups is 1. The van der Waals surface area contributed by atoms with Gasteiger partial charge in [-0.15, -0.1) is 0 Å². The first-order valence-electron chi connectivity index (χ1n) is 10.7. The summed E-state index contributed by atoms with van der Waals surface area (Å²) in [5.74, 6) is 2.00. The molecule has 0 saturated carbocycles. The van der Waals surface area contributed by atoms with Gasteiger partial charge in [0.1, 0.15) is 18.1 Å². The first-order valence-corrected chi connectivity index (χ1v) is 12.6. The van der Waals surface area contributed by atoms with Crippen LogP contribution in [0.25, 0.3) is 16.9 Å². The van der Waals surface area contributed by atoms with Gasteiger partial charge in [0.05, 0.1) is 37.6 Å². The van der Waals surface area contributed by atoms with Gasteiger partial charge in [-0.3, -0.25) is 0 Å². The molecule has 0 atom stereocenters. The highest BCUT2D eigenvalue weighted by molar-refractivity contribution is 7.90. The number of methoxy groups -OCH3 is 3. The predicted molar refractivity (Wildman–Crippen MR) is 133 cm³/mol. The minimum absolute atomic E-state index is 0.187. The Morgan fingerprint density at radius 2 is 1.46 bits per heavy atom. The second-order valence-electron chi connectivity index (χ2n) is 7.71. The number of hydrogen-bond donors (Lipinski definition) is 0. The maximum absolute atomic E-state index is 11.9. The molecule has 1 aromatic heterocycles. The van der Waals surface area contributed by atoms with Crippen molar-refractivity contribution in [3.63, 3.8) is 0 Å². The average molecular weight is 495 g/mol. The second kappa shape index (κ2) is 10.1.